The summed E-state index contributed by atoms with van der Waals surface area (Å²) in [4.78, 5) is 14.0. The van der Waals surface area contributed by atoms with Crippen LogP contribution in [0, 0.1) is 6.92 Å². The highest BCUT2D eigenvalue weighted by atomic mass is 79.9. The molecule has 0 saturated carbocycles. The number of aromatic hydroxyl groups is 1. The van der Waals surface area contributed by atoms with Gasteiger partial charge in [-0.2, -0.15) is 0 Å². The van der Waals surface area contributed by atoms with Crippen LogP contribution in [0.1, 0.15) is 21.5 Å². The SMILES string of the molecule is Cc1cc(C(=O)N(C)Cc2ccc(O)cc2)ccc1Br. The van der Waals surface area contributed by atoms with E-state index in [1.807, 2.05) is 37.3 Å². The number of carbonyl (C=O) groups is 1. The van der Waals surface area contributed by atoms with Crippen molar-refractivity contribution in [2.24, 2.45) is 0 Å². The lowest BCUT2D eigenvalue weighted by Gasteiger charge is -2.18. The Hall–Kier alpha value is -1.81. The van der Waals surface area contributed by atoms with Crippen LogP contribution in [0.5, 0.6) is 5.75 Å². The minimum absolute atomic E-state index is 0.0197. The smallest absolute Gasteiger partial charge is 0.253 e. The summed E-state index contributed by atoms with van der Waals surface area (Å²) >= 11 is 3.43. The van der Waals surface area contributed by atoms with Crippen molar-refractivity contribution in [1.29, 1.82) is 0 Å². The molecule has 3 nitrogen and oxygen atoms in total. The van der Waals surface area contributed by atoms with Crippen LogP contribution in [0.15, 0.2) is 46.9 Å². The van der Waals surface area contributed by atoms with Crippen molar-refractivity contribution in [3.63, 3.8) is 0 Å². The Morgan fingerprint density at radius 2 is 1.85 bits per heavy atom. The summed E-state index contributed by atoms with van der Waals surface area (Å²) in [5.41, 5.74) is 2.69. The van der Waals surface area contributed by atoms with Crippen LogP contribution < -0.4 is 0 Å². The van der Waals surface area contributed by atoms with E-state index in [-0.39, 0.29) is 11.7 Å². The Morgan fingerprint density at radius 1 is 1.20 bits per heavy atom. The second-order valence-corrected chi connectivity index (χ2v) is 5.65. The summed E-state index contributed by atoms with van der Waals surface area (Å²) in [6.07, 6.45) is 0. The molecule has 0 aliphatic heterocycles. The summed E-state index contributed by atoms with van der Waals surface area (Å²) in [7, 11) is 1.77. The van der Waals surface area contributed by atoms with Crippen LogP contribution >= 0.6 is 15.9 Å². The molecule has 2 aromatic rings. The lowest BCUT2D eigenvalue weighted by Crippen LogP contribution is -2.26. The Kier molecular flexibility index (Phi) is 4.45. The van der Waals surface area contributed by atoms with Gasteiger partial charge >= 0.3 is 0 Å². The van der Waals surface area contributed by atoms with E-state index in [9.17, 15) is 9.90 Å². The van der Waals surface area contributed by atoms with Crippen LogP contribution in [-0.2, 0) is 6.54 Å². The number of benzene rings is 2. The van der Waals surface area contributed by atoms with Crippen molar-refractivity contribution in [2.45, 2.75) is 13.5 Å². The zero-order chi connectivity index (χ0) is 14.7. The number of hydrogen-bond donors (Lipinski definition) is 1. The molecule has 0 saturated heterocycles. The molecule has 20 heavy (non-hydrogen) atoms. The lowest BCUT2D eigenvalue weighted by molar-refractivity contribution is 0.0785. The Morgan fingerprint density at radius 3 is 2.45 bits per heavy atom. The molecule has 0 unspecified atom stereocenters. The minimum atomic E-state index is -0.0197. The molecule has 0 atom stereocenters. The molecule has 104 valence electrons. The summed E-state index contributed by atoms with van der Waals surface area (Å²) in [6, 6.07) is 12.4. The fourth-order valence-corrected chi connectivity index (χ4v) is 2.19. The van der Waals surface area contributed by atoms with E-state index in [1.54, 1.807) is 24.1 Å². The molecule has 0 spiro atoms. The van der Waals surface area contributed by atoms with Crippen molar-refractivity contribution < 1.29 is 9.90 Å². The number of amides is 1. The normalized spacial score (nSPS) is 10.3. The van der Waals surface area contributed by atoms with Crippen molar-refractivity contribution >= 4 is 21.8 Å². The number of halogens is 1. The largest absolute Gasteiger partial charge is 0.508 e. The fraction of sp³-hybridized carbons (Fsp3) is 0.188. The molecular weight excluding hydrogens is 318 g/mol. The van der Waals surface area contributed by atoms with Crippen molar-refractivity contribution in [1.82, 2.24) is 4.90 Å². The van der Waals surface area contributed by atoms with Crippen molar-refractivity contribution in [3.05, 3.63) is 63.6 Å². The van der Waals surface area contributed by atoms with Gasteiger partial charge in [-0.15, -0.1) is 0 Å². The zero-order valence-corrected chi connectivity index (χ0v) is 13.0. The number of phenols is 1. The second-order valence-electron chi connectivity index (χ2n) is 4.79. The molecular formula is C16H16BrNO2. The van der Waals surface area contributed by atoms with Gasteiger partial charge in [0.05, 0.1) is 0 Å². The van der Waals surface area contributed by atoms with E-state index in [1.165, 1.54) is 0 Å². The third-order valence-corrected chi connectivity index (χ3v) is 4.00. The summed E-state index contributed by atoms with van der Waals surface area (Å²) < 4.78 is 0.996. The fourth-order valence-electron chi connectivity index (χ4n) is 1.95. The molecule has 0 aliphatic carbocycles. The van der Waals surface area contributed by atoms with E-state index in [2.05, 4.69) is 15.9 Å². The van der Waals surface area contributed by atoms with E-state index in [0.717, 1.165) is 15.6 Å². The van der Waals surface area contributed by atoms with Crippen molar-refractivity contribution in [2.75, 3.05) is 7.05 Å². The van der Waals surface area contributed by atoms with Gasteiger partial charge in [0.25, 0.3) is 5.91 Å². The van der Waals surface area contributed by atoms with Gasteiger partial charge < -0.3 is 10.0 Å². The molecule has 2 rings (SSSR count). The van der Waals surface area contributed by atoms with E-state index in [0.29, 0.717) is 12.1 Å². The Bertz CT molecular complexity index is 623. The van der Waals surface area contributed by atoms with Crippen LogP contribution in [0.2, 0.25) is 0 Å². The maximum Gasteiger partial charge on any atom is 0.253 e. The molecule has 0 bridgehead atoms. The van der Waals surface area contributed by atoms with Gasteiger partial charge in [-0.3, -0.25) is 4.79 Å². The first-order valence-electron chi connectivity index (χ1n) is 6.27. The molecule has 0 radical (unpaired) electrons. The monoisotopic (exact) mass is 333 g/mol. The first-order valence-corrected chi connectivity index (χ1v) is 7.06. The van der Waals surface area contributed by atoms with Crippen LogP contribution in [0.3, 0.4) is 0 Å². The van der Waals surface area contributed by atoms with Crippen molar-refractivity contribution in [3.8, 4) is 5.75 Å². The summed E-state index contributed by atoms with van der Waals surface area (Å²) in [5.74, 6) is 0.208. The molecule has 1 N–H and O–H groups in total. The average Bonchev–Trinajstić information content (AvgIpc) is 2.43. The molecule has 0 heterocycles. The highest BCUT2D eigenvalue weighted by molar-refractivity contribution is 9.10. The number of nitrogens with zero attached hydrogens (tertiary/aromatic N) is 1. The number of aryl methyl sites for hydroxylation is 1. The highest BCUT2D eigenvalue weighted by Crippen LogP contribution is 2.18. The maximum absolute atomic E-state index is 12.3. The number of rotatable bonds is 3. The minimum Gasteiger partial charge on any atom is -0.508 e. The average molecular weight is 334 g/mol. The van der Waals surface area contributed by atoms with E-state index in [4.69, 9.17) is 0 Å². The Labute approximate surface area is 127 Å². The quantitative estimate of drug-likeness (QED) is 0.929. The lowest BCUT2D eigenvalue weighted by atomic mass is 10.1. The molecule has 0 aliphatic rings. The molecule has 0 aromatic heterocycles. The number of carbonyl (C=O) groups excluding carboxylic acids is 1. The summed E-state index contributed by atoms with van der Waals surface area (Å²) in [6.45, 7) is 2.47. The van der Waals surface area contributed by atoms with Gasteiger partial charge in [-0.25, -0.2) is 0 Å². The van der Waals surface area contributed by atoms with Gasteiger partial charge in [0.15, 0.2) is 0 Å². The van der Waals surface area contributed by atoms with E-state index < -0.39 is 0 Å². The number of hydrogen-bond acceptors (Lipinski definition) is 2. The van der Waals surface area contributed by atoms with Gasteiger partial charge in [0.2, 0.25) is 0 Å². The number of phenolic OH excluding ortho intramolecular Hbond substituents is 1. The molecule has 1 amide bonds. The third-order valence-electron chi connectivity index (χ3n) is 3.11. The standard InChI is InChI=1S/C16H16BrNO2/c1-11-9-13(5-8-15(11)17)16(20)18(2)10-12-3-6-14(19)7-4-12/h3-9,19H,10H2,1-2H3. The third kappa shape index (κ3) is 3.39. The first-order chi connectivity index (χ1) is 9.47. The van der Waals surface area contributed by atoms with E-state index >= 15 is 0 Å². The molecule has 0 fully saturated rings. The summed E-state index contributed by atoms with van der Waals surface area (Å²) in [5, 5.41) is 9.25. The highest BCUT2D eigenvalue weighted by Gasteiger charge is 2.12. The second kappa shape index (κ2) is 6.09. The Balaban J connectivity index is 2.11. The van der Waals surface area contributed by atoms with Crippen LogP contribution in [0.4, 0.5) is 0 Å². The molecule has 2 aromatic carbocycles. The van der Waals surface area contributed by atoms with Gasteiger partial charge in [0.1, 0.15) is 5.75 Å². The van der Waals surface area contributed by atoms with Crippen LogP contribution in [0.25, 0.3) is 0 Å². The zero-order valence-electron chi connectivity index (χ0n) is 11.4. The van der Waals surface area contributed by atoms with Gasteiger partial charge in [0, 0.05) is 23.6 Å². The van der Waals surface area contributed by atoms with Crippen LogP contribution in [-0.4, -0.2) is 23.0 Å². The predicted octanol–water partition coefficient (Wildman–Crippen LogP) is 3.74. The molecule has 4 heteroatoms. The topological polar surface area (TPSA) is 40.5 Å². The maximum atomic E-state index is 12.3. The van der Waals surface area contributed by atoms with Gasteiger partial charge in [-0.1, -0.05) is 28.1 Å². The first kappa shape index (κ1) is 14.6. The predicted molar refractivity (Wildman–Crippen MR) is 82.8 cm³/mol. The van der Waals surface area contributed by atoms with Gasteiger partial charge in [-0.05, 0) is 48.4 Å².